The van der Waals surface area contributed by atoms with E-state index in [4.69, 9.17) is 0 Å². The molecule has 0 radical (unpaired) electrons. The minimum atomic E-state index is -0.570. The number of aliphatic hydroxyl groups is 1. The number of amides is 1. The van der Waals surface area contributed by atoms with Crippen molar-refractivity contribution in [3.8, 4) is 0 Å². The van der Waals surface area contributed by atoms with E-state index in [0.29, 0.717) is 19.6 Å². The van der Waals surface area contributed by atoms with Gasteiger partial charge >= 0.3 is 0 Å². The molecule has 0 spiro atoms. The van der Waals surface area contributed by atoms with Crippen molar-refractivity contribution in [2.75, 3.05) is 19.6 Å². The molecule has 1 aliphatic heterocycles. The molecule has 1 atom stereocenters. The predicted octanol–water partition coefficient (Wildman–Crippen LogP) is 1.38. The highest BCUT2D eigenvalue weighted by Crippen LogP contribution is 2.23. The summed E-state index contributed by atoms with van der Waals surface area (Å²) in [6.07, 6.45) is 0.747. The average molecular weight is 268 g/mol. The molecule has 2 N–H and O–H groups in total. The third kappa shape index (κ3) is 3.10. The SMILES string of the molecule is CCC1(O)CN(CC(=O)NC(C)c2cccs2)C1. The number of thiophene rings is 1. The van der Waals surface area contributed by atoms with Gasteiger partial charge in [0.25, 0.3) is 0 Å². The molecule has 0 saturated carbocycles. The second-order valence-corrected chi connectivity index (χ2v) is 6.01. The van der Waals surface area contributed by atoms with Gasteiger partial charge in [-0.15, -0.1) is 11.3 Å². The van der Waals surface area contributed by atoms with E-state index >= 15 is 0 Å². The molecule has 0 aromatic carbocycles. The minimum absolute atomic E-state index is 0.0223. The van der Waals surface area contributed by atoms with Gasteiger partial charge in [0.2, 0.25) is 5.91 Å². The number of hydrogen-bond donors (Lipinski definition) is 2. The summed E-state index contributed by atoms with van der Waals surface area (Å²) >= 11 is 1.65. The van der Waals surface area contributed by atoms with Crippen molar-refractivity contribution >= 4 is 17.2 Å². The molecule has 1 aromatic rings. The number of carbonyl (C=O) groups is 1. The Morgan fingerprint density at radius 3 is 2.94 bits per heavy atom. The van der Waals surface area contributed by atoms with E-state index in [1.54, 1.807) is 11.3 Å². The average Bonchev–Trinajstić information content (AvgIpc) is 2.79. The van der Waals surface area contributed by atoms with E-state index < -0.39 is 5.60 Å². The van der Waals surface area contributed by atoms with Crippen LogP contribution < -0.4 is 5.32 Å². The summed E-state index contributed by atoms with van der Waals surface area (Å²) in [5.74, 6) is 0.0223. The molecule has 1 saturated heterocycles. The van der Waals surface area contributed by atoms with Gasteiger partial charge in [0.05, 0.1) is 18.2 Å². The molecule has 2 heterocycles. The molecule has 1 fully saturated rings. The lowest BCUT2D eigenvalue weighted by molar-refractivity contribution is -0.133. The van der Waals surface area contributed by atoms with Gasteiger partial charge in [-0.2, -0.15) is 0 Å². The van der Waals surface area contributed by atoms with Crippen LogP contribution in [0.25, 0.3) is 0 Å². The molecule has 2 rings (SSSR count). The molecule has 5 heteroatoms. The molecule has 1 aliphatic rings. The smallest absolute Gasteiger partial charge is 0.234 e. The zero-order valence-corrected chi connectivity index (χ0v) is 11.7. The third-order valence-corrected chi connectivity index (χ3v) is 4.46. The quantitative estimate of drug-likeness (QED) is 0.848. The predicted molar refractivity (Wildman–Crippen MR) is 72.6 cm³/mol. The fraction of sp³-hybridized carbons (Fsp3) is 0.615. The Kier molecular flexibility index (Phi) is 4.04. The number of likely N-dealkylation sites (tertiary alicyclic amines) is 1. The summed E-state index contributed by atoms with van der Waals surface area (Å²) in [5.41, 5.74) is -0.570. The maximum atomic E-state index is 11.8. The first-order valence-electron chi connectivity index (χ1n) is 6.30. The highest BCUT2D eigenvalue weighted by Gasteiger charge is 2.39. The Labute approximate surface area is 112 Å². The molecule has 4 nitrogen and oxygen atoms in total. The second-order valence-electron chi connectivity index (χ2n) is 5.03. The van der Waals surface area contributed by atoms with Crippen molar-refractivity contribution in [1.82, 2.24) is 10.2 Å². The lowest BCUT2D eigenvalue weighted by Gasteiger charge is -2.45. The molecule has 1 aromatic heterocycles. The lowest BCUT2D eigenvalue weighted by atomic mass is 9.91. The summed E-state index contributed by atoms with van der Waals surface area (Å²) < 4.78 is 0. The Balaban J connectivity index is 1.74. The third-order valence-electron chi connectivity index (χ3n) is 3.41. The normalized spacial score (nSPS) is 20.2. The molecule has 0 bridgehead atoms. The summed E-state index contributed by atoms with van der Waals surface area (Å²) in [4.78, 5) is 15.0. The van der Waals surface area contributed by atoms with Crippen LogP contribution in [0.5, 0.6) is 0 Å². The van der Waals surface area contributed by atoms with Crippen LogP contribution in [0.2, 0.25) is 0 Å². The summed E-state index contributed by atoms with van der Waals surface area (Å²) in [5, 5.41) is 14.8. The van der Waals surface area contributed by atoms with E-state index in [-0.39, 0.29) is 11.9 Å². The molecular weight excluding hydrogens is 248 g/mol. The van der Waals surface area contributed by atoms with Crippen molar-refractivity contribution in [2.24, 2.45) is 0 Å². The van der Waals surface area contributed by atoms with Crippen LogP contribution in [0.4, 0.5) is 0 Å². The van der Waals surface area contributed by atoms with Gasteiger partial charge in [0.1, 0.15) is 0 Å². The molecule has 100 valence electrons. The summed E-state index contributed by atoms with van der Waals surface area (Å²) in [6, 6.07) is 4.07. The Morgan fingerprint density at radius 2 is 2.39 bits per heavy atom. The van der Waals surface area contributed by atoms with Crippen LogP contribution in [-0.2, 0) is 4.79 Å². The number of hydrogen-bond acceptors (Lipinski definition) is 4. The Hall–Kier alpha value is -0.910. The van der Waals surface area contributed by atoms with Gasteiger partial charge in [0, 0.05) is 18.0 Å². The maximum Gasteiger partial charge on any atom is 0.234 e. The number of nitrogens with one attached hydrogen (secondary N) is 1. The molecule has 1 unspecified atom stereocenters. The van der Waals surface area contributed by atoms with Gasteiger partial charge in [-0.1, -0.05) is 13.0 Å². The van der Waals surface area contributed by atoms with Crippen LogP contribution in [0, 0.1) is 0 Å². The van der Waals surface area contributed by atoms with Crippen molar-refractivity contribution < 1.29 is 9.90 Å². The second kappa shape index (κ2) is 5.38. The molecule has 1 amide bonds. The first-order chi connectivity index (χ1) is 8.52. The maximum absolute atomic E-state index is 11.8. The lowest BCUT2D eigenvalue weighted by Crippen LogP contribution is -2.63. The zero-order valence-electron chi connectivity index (χ0n) is 10.8. The first kappa shape index (κ1) is 13.5. The zero-order chi connectivity index (χ0) is 13.2. The van der Waals surface area contributed by atoms with E-state index in [1.807, 2.05) is 36.3 Å². The van der Waals surface area contributed by atoms with E-state index in [0.717, 1.165) is 11.3 Å². The van der Waals surface area contributed by atoms with Crippen LogP contribution in [0.15, 0.2) is 17.5 Å². The van der Waals surface area contributed by atoms with Crippen LogP contribution in [0.1, 0.15) is 31.2 Å². The first-order valence-corrected chi connectivity index (χ1v) is 7.18. The fourth-order valence-electron chi connectivity index (χ4n) is 2.22. The monoisotopic (exact) mass is 268 g/mol. The standard InChI is InChI=1S/C13H20N2O2S/c1-3-13(17)8-15(9-13)7-12(16)14-10(2)11-5-4-6-18-11/h4-6,10,17H,3,7-9H2,1-2H3,(H,14,16). The highest BCUT2D eigenvalue weighted by atomic mass is 32.1. The van der Waals surface area contributed by atoms with E-state index in [9.17, 15) is 9.90 Å². The summed E-state index contributed by atoms with van der Waals surface area (Å²) in [6.45, 7) is 5.53. The summed E-state index contributed by atoms with van der Waals surface area (Å²) in [7, 11) is 0. The molecular formula is C13H20N2O2S. The number of rotatable bonds is 5. The number of carbonyl (C=O) groups excluding carboxylic acids is 1. The molecule has 0 aliphatic carbocycles. The van der Waals surface area contributed by atoms with Crippen molar-refractivity contribution in [1.29, 1.82) is 0 Å². The largest absolute Gasteiger partial charge is 0.387 e. The molecule has 18 heavy (non-hydrogen) atoms. The fourth-order valence-corrected chi connectivity index (χ4v) is 2.96. The van der Waals surface area contributed by atoms with Crippen LogP contribution in [-0.4, -0.2) is 41.1 Å². The topological polar surface area (TPSA) is 52.6 Å². The van der Waals surface area contributed by atoms with Crippen LogP contribution >= 0.6 is 11.3 Å². The van der Waals surface area contributed by atoms with Gasteiger partial charge in [-0.3, -0.25) is 9.69 Å². The van der Waals surface area contributed by atoms with E-state index in [1.165, 1.54) is 0 Å². The van der Waals surface area contributed by atoms with Gasteiger partial charge in [-0.05, 0) is 24.8 Å². The van der Waals surface area contributed by atoms with E-state index in [2.05, 4.69) is 5.32 Å². The van der Waals surface area contributed by atoms with Crippen LogP contribution in [0.3, 0.4) is 0 Å². The number of β-amino-alcohol motifs (C(OH)–C–C–N with tert-alkyl or cyclic N) is 1. The number of nitrogens with zero attached hydrogens (tertiary/aromatic N) is 1. The Bertz CT molecular complexity index is 399. The van der Waals surface area contributed by atoms with Crippen molar-refractivity contribution in [2.45, 2.75) is 31.9 Å². The Morgan fingerprint density at radius 1 is 1.67 bits per heavy atom. The minimum Gasteiger partial charge on any atom is -0.387 e. The van der Waals surface area contributed by atoms with Gasteiger partial charge < -0.3 is 10.4 Å². The van der Waals surface area contributed by atoms with Gasteiger partial charge in [0.15, 0.2) is 0 Å². The van der Waals surface area contributed by atoms with Crippen molar-refractivity contribution in [3.63, 3.8) is 0 Å². The van der Waals surface area contributed by atoms with Crippen molar-refractivity contribution in [3.05, 3.63) is 22.4 Å². The van der Waals surface area contributed by atoms with Gasteiger partial charge in [-0.25, -0.2) is 0 Å². The highest BCUT2D eigenvalue weighted by molar-refractivity contribution is 7.10.